The van der Waals surface area contributed by atoms with Crippen molar-refractivity contribution in [3.63, 3.8) is 0 Å². The molecule has 0 saturated heterocycles. The van der Waals surface area contributed by atoms with Gasteiger partial charge in [0.15, 0.2) is 0 Å². The van der Waals surface area contributed by atoms with E-state index in [2.05, 4.69) is 0 Å². The van der Waals surface area contributed by atoms with Crippen LogP contribution in [0.1, 0.15) is 24.8 Å². The highest BCUT2D eigenvalue weighted by molar-refractivity contribution is 6.42. The zero-order valence-electron chi connectivity index (χ0n) is 19.0. The summed E-state index contributed by atoms with van der Waals surface area (Å²) in [5.41, 5.74) is -1.21. The standard InChI is InChI=1S/C23H21Cl4F3N2O4/c1-31(20(34)12-23(28,29)30)13-22(8-3-9-33,14-4-6-16(24)18(26)10-14)32(2)21(35)36-15-5-7-17(25)19(27)11-15/h4-7,9-11H,3,8,12-13H2,1-2H3/t22-/m1/s1. The maximum absolute atomic E-state index is 13.2. The molecule has 13 heteroatoms. The van der Waals surface area contributed by atoms with Crippen LogP contribution in [-0.2, 0) is 15.1 Å². The van der Waals surface area contributed by atoms with E-state index < -0.39 is 36.7 Å². The quantitative estimate of drug-likeness (QED) is 0.296. The smallest absolute Gasteiger partial charge is 0.410 e. The average Bonchev–Trinajstić information content (AvgIpc) is 2.79. The van der Waals surface area contributed by atoms with Crippen LogP contribution in [0.15, 0.2) is 36.4 Å². The van der Waals surface area contributed by atoms with Crippen molar-refractivity contribution >= 4 is 64.7 Å². The van der Waals surface area contributed by atoms with Gasteiger partial charge in [-0.3, -0.25) is 9.69 Å². The van der Waals surface area contributed by atoms with Crippen molar-refractivity contribution in [3.8, 4) is 5.75 Å². The fraction of sp³-hybridized carbons (Fsp3) is 0.348. The van der Waals surface area contributed by atoms with E-state index in [-0.39, 0.29) is 38.7 Å². The van der Waals surface area contributed by atoms with E-state index in [4.69, 9.17) is 51.1 Å². The fourth-order valence-corrected chi connectivity index (χ4v) is 4.12. The number of nitrogens with zero attached hydrogens (tertiary/aromatic N) is 2. The van der Waals surface area contributed by atoms with Crippen molar-refractivity contribution in [2.24, 2.45) is 0 Å². The predicted octanol–water partition coefficient (Wildman–Crippen LogP) is 7.02. The minimum atomic E-state index is -4.74. The van der Waals surface area contributed by atoms with Crippen LogP contribution in [0.5, 0.6) is 5.75 Å². The highest BCUT2D eigenvalue weighted by Crippen LogP contribution is 2.38. The lowest BCUT2D eigenvalue weighted by atomic mass is 9.83. The molecule has 6 nitrogen and oxygen atoms in total. The highest BCUT2D eigenvalue weighted by atomic mass is 35.5. The fourth-order valence-electron chi connectivity index (χ4n) is 3.54. The Morgan fingerprint density at radius 1 is 0.944 bits per heavy atom. The zero-order chi connectivity index (χ0) is 27.3. The van der Waals surface area contributed by atoms with Crippen LogP contribution < -0.4 is 4.74 Å². The number of hydrogen-bond donors (Lipinski definition) is 0. The molecular formula is C23H21Cl4F3N2O4. The van der Waals surface area contributed by atoms with Gasteiger partial charge >= 0.3 is 12.3 Å². The lowest BCUT2D eigenvalue weighted by Gasteiger charge is -2.44. The molecule has 2 amide bonds. The number of hydrogen-bond acceptors (Lipinski definition) is 4. The summed E-state index contributed by atoms with van der Waals surface area (Å²) in [6.07, 6.45) is -6.98. The zero-order valence-corrected chi connectivity index (χ0v) is 22.1. The van der Waals surface area contributed by atoms with Gasteiger partial charge in [-0.1, -0.05) is 52.5 Å². The predicted molar refractivity (Wildman–Crippen MR) is 132 cm³/mol. The molecule has 0 saturated carbocycles. The maximum atomic E-state index is 13.2. The van der Waals surface area contributed by atoms with Gasteiger partial charge in [0, 0.05) is 33.1 Å². The van der Waals surface area contributed by atoms with Gasteiger partial charge < -0.3 is 14.4 Å². The third-order valence-corrected chi connectivity index (χ3v) is 6.90. The summed E-state index contributed by atoms with van der Waals surface area (Å²) >= 11 is 24.1. The highest BCUT2D eigenvalue weighted by Gasteiger charge is 2.43. The number of ether oxygens (including phenoxy) is 1. The average molecular weight is 588 g/mol. The summed E-state index contributed by atoms with van der Waals surface area (Å²) in [6, 6.07) is 8.47. The molecule has 0 fully saturated rings. The molecule has 36 heavy (non-hydrogen) atoms. The van der Waals surface area contributed by atoms with E-state index in [1.165, 1.54) is 50.5 Å². The molecule has 0 aliphatic rings. The van der Waals surface area contributed by atoms with E-state index in [1.54, 1.807) is 0 Å². The topological polar surface area (TPSA) is 66.9 Å². The molecule has 0 bridgehead atoms. The minimum Gasteiger partial charge on any atom is -0.410 e. The van der Waals surface area contributed by atoms with Crippen LogP contribution in [0.25, 0.3) is 0 Å². The van der Waals surface area contributed by atoms with Gasteiger partial charge in [-0.25, -0.2) is 4.79 Å². The summed E-state index contributed by atoms with van der Waals surface area (Å²) in [4.78, 5) is 38.8. The summed E-state index contributed by atoms with van der Waals surface area (Å²) in [7, 11) is 2.49. The number of carbonyl (C=O) groups is 3. The van der Waals surface area contributed by atoms with Crippen molar-refractivity contribution in [3.05, 3.63) is 62.1 Å². The Balaban J connectivity index is 2.56. The van der Waals surface area contributed by atoms with Crippen LogP contribution in [0.4, 0.5) is 18.0 Å². The minimum absolute atomic E-state index is 0.0428. The molecule has 0 spiro atoms. The molecule has 2 rings (SSSR count). The van der Waals surface area contributed by atoms with Crippen molar-refractivity contribution in [2.75, 3.05) is 20.6 Å². The van der Waals surface area contributed by atoms with E-state index >= 15 is 0 Å². The lowest BCUT2D eigenvalue weighted by molar-refractivity contribution is -0.161. The van der Waals surface area contributed by atoms with Crippen molar-refractivity contribution in [1.82, 2.24) is 9.80 Å². The van der Waals surface area contributed by atoms with Crippen molar-refractivity contribution < 1.29 is 32.3 Å². The van der Waals surface area contributed by atoms with Crippen LogP contribution >= 0.6 is 46.4 Å². The van der Waals surface area contributed by atoms with Gasteiger partial charge in [-0.15, -0.1) is 0 Å². The number of likely N-dealkylation sites (N-methyl/N-ethyl adjacent to an activating group) is 2. The molecule has 1 atom stereocenters. The van der Waals surface area contributed by atoms with E-state index in [0.29, 0.717) is 11.8 Å². The Morgan fingerprint density at radius 3 is 2.06 bits per heavy atom. The molecule has 0 aliphatic carbocycles. The molecule has 0 unspecified atom stereocenters. The SMILES string of the molecule is CN(C[C@](CCC=O)(c1ccc(Cl)c(Cl)c1)N(C)C(=O)Oc1ccc(Cl)c(Cl)c1)C(=O)CC(F)(F)F. The second-order valence-corrected chi connectivity index (χ2v) is 9.54. The van der Waals surface area contributed by atoms with Crippen molar-refractivity contribution in [1.29, 1.82) is 0 Å². The van der Waals surface area contributed by atoms with E-state index in [1.807, 2.05) is 0 Å². The summed E-state index contributed by atoms with van der Waals surface area (Å²) in [6.45, 7) is -0.416. The van der Waals surface area contributed by atoms with Gasteiger partial charge in [0.1, 0.15) is 18.5 Å². The molecule has 0 N–H and O–H groups in total. The molecule has 0 heterocycles. The lowest BCUT2D eigenvalue weighted by Crippen LogP contribution is -2.55. The summed E-state index contributed by atoms with van der Waals surface area (Å²) < 4.78 is 44.1. The number of alkyl halides is 3. The molecule has 0 aromatic heterocycles. The molecule has 196 valence electrons. The Bertz CT molecular complexity index is 1130. The van der Waals surface area contributed by atoms with Gasteiger partial charge in [0.05, 0.1) is 25.6 Å². The second-order valence-electron chi connectivity index (χ2n) is 7.91. The molecule has 0 radical (unpaired) electrons. The van der Waals surface area contributed by atoms with Gasteiger partial charge in [0.25, 0.3) is 0 Å². The number of aldehydes is 1. The van der Waals surface area contributed by atoms with Crippen LogP contribution in [0.3, 0.4) is 0 Å². The molecule has 0 aliphatic heterocycles. The van der Waals surface area contributed by atoms with Gasteiger partial charge in [-0.05, 0) is 36.2 Å². The Labute approximate surface area is 225 Å². The second kappa shape index (κ2) is 12.4. The molecular weight excluding hydrogens is 567 g/mol. The monoisotopic (exact) mass is 586 g/mol. The van der Waals surface area contributed by atoms with Gasteiger partial charge in [-0.2, -0.15) is 13.2 Å². The number of carbonyl (C=O) groups excluding carboxylic acids is 3. The normalized spacial score (nSPS) is 13.0. The van der Waals surface area contributed by atoms with Gasteiger partial charge in [0.2, 0.25) is 5.91 Å². The molecule has 2 aromatic rings. The first-order chi connectivity index (χ1) is 16.7. The Hall–Kier alpha value is -2.20. The summed E-state index contributed by atoms with van der Waals surface area (Å²) in [5.74, 6) is -1.19. The Kier molecular flexibility index (Phi) is 10.3. The third-order valence-electron chi connectivity index (χ3n) is 5.42. The first-order valence-electron chi connectivity index (χ1n) is 10.3. The van der Waals surface area contributed by atoms with Crippen LogP contribution in [0.2, 0.25) is 20.1 Å². The first-order valence-corrected chi connectivity index (χ1v) is 11.8. The molecule has 2 aromatic carbocycles. The van der Waals surface area contributed by atoms with Crippen molar-refractivity contribution in [2.45, 2.75) is 31.0 Å². The number of amides is 2. The largest absolute Gasteiger partial charge is 0.415 e. The Morgan fingerprint density at radius 2 is 1.53 bits per heavy atom. The summed E-state index contributed by atoms with van der Waals surface area (Å²) in [5, 5.41) is 0.636. The van der Waals surface area contributed by atoms with Crippen LogP contribution in [0, 0.1) is 0 Å². The number of halogens is 7. The van der Waals surface area contributed by atoms with E-state index in [0.717, 1.165) is 9.80 Å². The number of rotatable bonds is 9. The number of benzene rings is 2. The third kappa shape index (κ3) is 7.65. The van der Waals surface area contributed by atoms with E-state index in [9.17, 15) is 27.6 Å². The van der Waals surface area contributed by atoms with Crippen LogP contribution in [-0.4, -0.2) is 54.9 Å². The maximum Gasteiger partial charge on any atom is 0.415 e. The first kappa shape index (κ1) is 30.0.